The molecule has 3 nitrogen and oxygen atoms in total. The van der Waals surface area contributed by atoms with Gasteiger partial charge in [-0.2, -0.15) is 0 Å². The van der Waals surface area contributed by atoms with Crippen molar-refractivity contribution in [1.82, 2.24) is 4.90 Å². The van der Waals surface area contributed by atoms with Gasteiger partial charge < -0.3 is 4.74 Å². The molecule has 0 aromatic heterocycles. The molecule has 0 radical (unpaired) electrons. The standard InChI is InChI=1S/C25H29NO2/c1-18(25(27)28-2)16-20-10-6-11-22-21(20)13-14-24-23(22)12-7-15-26(24)17-19-8-4-3-5-9-19/h3-6,8-11,16,23-24H,7,12-15,17H2,1-2H3. The highest BCUT2D eigenvalue weighted by Crippen LogP contribution is 2.42. The first-order chi connectivity index (χ1) is 13.7. The van der Waals surface area contributed by atoms with Crippen LogP contribution in [-0.2, 0) is 22.5 Å². The number of ether oxygens (including phenoxy) is 1. The summed E-state index contributed by atoms with van der Waals surface area (Å²) in [6.45, 7) is 4.06. The average Bonchev–Trinajstić information content (AvgIpc) is 2.74. The fraction of sp³-hybridized carbons (Fsp3) is 0.400. The van der Waals surface area contributed by atoms with Gasteiger partial charge in [0.25, 0.3) is 0 Å². The Labute approximate surface area is 168 Å². The number of carbonyl (C=O) groups excluding carboxylic acids is 1. The number of piperidine rings is 1. The molecule has 1 fully saturated rings. The summed E-state index contributed by atoms with van der Waals surface area (Å²) in [4.78, 5) is 14.5. The predicted octanol–water partition coefficient (Wildman–Crippen LogP) is 4.96. The molecule has 0 N–H and O–H groups in total. The van der Waals surface area contributed by atoms with Gasteiger partial charge in [-0.1, -0.05) is 48.5 Å². The van der Waals surface area contributed by atoms with Crippen molar-refractivity contribution in [2.75, 3.05) is 13.7 Å². The summed E-state index contributed by atoms with van der Waals surface area (Å²) < 4.78 is 4.87. The Hall–Kier alpha value is -2.39. The number of esters is 1. The molecular formula is C25H29NO2. The van der Waals surface area contributed by atoms with Gasteiger partial charge in [0.1, 0.15) is 0 Å². The van der Waals surface area contributed by atoms with E-state index in [4.69, 9.17) is 4.74 Å². The third-order valence-electron chi connectivity index (χ3n) is 6.34. The second-order valence-electron chi connectivity index (χ2n) is 8.04. The lowest BCUT2D eigenvalue weighted by Gasteiger charge is -2.45. The highest BCUT2D eigenvalue weighted by molar-refractivity contribution is 5.93. The highest BCUT2D eigenvalue weighted by atomic mass is 16.5. The molecule has 28 heavy (non-hydrogen) atoms. The fourth-order valence-electron chi connectivity index (χ4n) is 5.03. The number of carbonyl (C=O) groups is 1. The van der Waals surface area contributed by atoms with Crippen LogP contribution < -0.4 is 0 Å². The van der Waals surface area contributed by atoms with Crippen LogP contribution in [0.5, 0.6) is 0 Å². The number of hydrogen-bond donors (Lipinski definition) is 0. The monoisotopic (exact) mass is 375 g/mol. The SMILES string of the molecule is COC(=O)C(C)=Cc1cccc2c1CCC1C2CCCN1Cc1ccccc1. The van der Waals surface area contributed by atoms with Crippen molar-refractivity contribution in [3.05, 3.63) is 76.4 Å². The summed E-state index contributed by atoms with van der Waals surface area (Å²) in [7, 11) is 1.44. The van der Waals surface area contributed by atoms with Crippen LogP contribution in [0.1, 0.15) is 54.4 Å². The van der Waals surface area contributed by atoms with E-state index in [1.54, 1.807) is 0 Å². The first-order valence-corrected chi connectivity index (χ1v) is 10.3. The van der Waals surface area contributed by atoms with Gasteiger partial charge in [0.05, 0.1) is 7.11 Å². The van der Waals surface area contributed by atoms with Gasteiger partial charge in [0.15, 0.2) is 0 Å². The predicted molar refractivity (Wildman–Crippen MR) is 113 cm³/mol. The lowest BCUT2D eigenvalue weighted by molar-refractivity contribution is -0.135. The third-order valence-corrected chi connectivity index (χ3v) is 6.34. The molecule has 0 spiro atoms. The summed E-state index contributed by atoms with van der Waals surface area (Å²) in [5.41, 5.74) is 6.15. The van der Waals surface area contributed by atoms with E-state index in [9.17, 15) is 4.79 Å². The van der Waals surface area contributed by atoms with E-state index >= 15 is 0 Å². The number of nitrogens with zero attached hydrogens (tertiary/aromatic N) is 1. The molecule has 1 aliphatic carbocycles. The van der Waals surface area contributed by atoms with Gasteiger partial charge in [-0.05, 0) is 73.4 Å². The first kappa shape index (κ1) is 18.9. The minimum absolute atomic E-state index is 0.252. The number of fused-ring (bicyclic) bond motifs is 3. The van der Waals surface area contributed by atoms with Gasteiger partial charge in [0, 0.05) is 18.2 Å². The van der Waals surface area contributed by atoms with Gasteiger partial charge in [-0.25, -0.2) is 4.79 Å². The zero-order valence-corrected chi connectivity index (χ0v) is 16.9. The Morgan fingerprint density at radius 1 is 1.14 bits per heavy atom. The fourth-order valence-corrected chi connectivity index (χ4v) is 5.03. The van der Waals surface area contributed by atoms with Crippen LogP contribution in [0.2, 0.25) is 0 Å². The Bertz CT molecular complexity index is 871. The molecule has 0 bridgehead atoms. The molecule has 2 aliphatic rings. The molecule has 2 aromatic rings. The van der Waals surface area contributed by atoms with E-state index in [2.05, 4.69) is 53.4 Å². The molecule has 1 saturated heterocycles. The van der Waals surface area contributed by atoms with Crippen molar-refractivity contribution in [3.63, 3.8) is 0 Å². The van der Waals surface area contributed by atoms with Crippen LogP contribution >= 0.6 is 0 Å². The van der Waals surface area contributed by atoms with Crippen molar-refractivity contribution in [3.8, 4) is 0 Å². The van der Waals surface area contributed by atoms with Crippen molar-refractivity contribution >= 4 is 12.0 Å². The van der Waals surface area contributed by atoms with Crippen molar-refractivity contribution in [1.29, 1.82) is 0 Å². The van der Waals surface area contributed by atoms with Crippen LogP contribution in [0.15, 0.2) is 54.1 Å². The van der Waals surface area contributed by atoms with Gasteiger partial charge in [0.2, 0.25) is 0 Å². The van der Waals surface area contributed by atoms with Crippen LogP contribution in [0, 0.1) is 0 Å². The van der Waals surface area contributed by atoms with Crippen LogP contribution in [0.3, 0.4) is 0 Å². The van der Waals surface area contributed by atoms with E-state index in [0.717, 1.165) is 13.0 Å². The minimum atomic E-state index is -0.252. The van der Waals surface area contributed by atoms with Crippen molar-refractivity contribution in [2.24, 2.45) is 0 Å². The number of benzene rings is 2. The minimum Gasteiger partial charge on any atom is -0.466 e. The Morgan fingerprint density at radius 3 is 2.75 bits per heavy atom. The van der Waals surface area contributed by atoms with Gasteiger partial charge in [-0.15, -0.1) is 0 Å². The Morgan fingerprint density at radius 2 is 1.96 bits per heavy atom. The maximum absolute atomic E-state index is 11.8. The van der Waals surface area contributed by atoms with Crippen LogP contribution in [-0.4, -0.2) is 30.6 Å². The highest BCUT2D eigenvalue weighted by Gasteiger charge is 2.36. The molecule has 4 rings (SSSR count). The quantitative estimate of drug-likeness (QED) is 0.559. The zero-order chi connectivity index (χ0) is 19.5. The molecule has 2 atom stereocenters. The van der Waals surface area contributed by atoms with Crippen molar-refractivity contribution < 1.29 is 9.53 Å². The summed E-state index contributed by atoms with van der Waals surface area (Å²) >= 11 is 0. The summed E-state index contributed by atoms with van der Waals surface area (Å²) in [5, 5.41) is 0. The molecule has 1 aliphatic heterocycles. The van der Waals surface area contributed by atoms with Crippen LogP contribution in [0.25, 0.3) is 6.08 Å². The lowest BCUT2D eigenvalue weighted by atomic mass is 9.73. The van der Waals surface area contributed by atoms with Crippen molar-refractivity contribution in [2.45, 2.75) is 51.1 Å². The van der Waals surface area contributed by atoms with E-state index in [0.29, 0.717) is 17.5 Å². The maximum Gasteiger partial charge on any atom is 0.333 e. The van der Waals surface area contributed by atoms with Crippen LogP contribution in [0.4, 0.5) is 0 Å². The first-order valence-electron chi connectivity index (χ1n) is 10.3. The normalized spacial score (nSPS) is 22.3. The summed E-state index contributed by atoms with van der Waals surface area (Å²) in [6, 6.07) is 18.0. The molecular weight excluding hydrogens is 346 g/mol. The maximum atomic E-state index is 11.8. The number of hydrogen-bond acceptors (Lipinski definition) is 3. The van der Waals surface area contributed by atoms with E-state index in [1.165, 1.54) is 55.2 Å². The van der Waals surface area contributed by atoms with E-state index in [1.807, 2.05) is 13.0 Å². The largest absolute Gasteiger partial charge is 0.466 e. The van der Waals surface area contributed by atoms with E-state index in [-0.39, 0.29) is 5.97 Å². The second kappa shape index (κ2) is 8.32. The summed E-state index contributed by atoms with van der Waals surface area (Å²) in [6.07, 6.45) is 6.76. The zero-order valence-electron chi connectivity index (χ0n) is 16.9. The van der Waals surface area contributed by atoms with E-state index < -0.39 is 0 Å². The number of rotatable bonds is 4. The van der Waals surface area contributed by atoms with Gasteiger partial charge >= 0.3 is 5.97 Å². The summed E-state index contributed by atoms with van der Waals surface area (Å²) in [5.74, 6) is 0.339. The average molecular weight is 376 g/mol. The third kappa shape index (κ3) is 3.77. The number of likely N-dealkylation sites (tertiary alicyclic amines) is 1. The molecule has 1 heterocycles. The molecule has 146 valence electrons. The molecule has 2 unspecified atom stereocenters. The molecule has 0 amide bonds. The Balaban J connectivity index is 1.61. The topological polar surface area (TPSA) is 29.5 Å². The molecule has 0 saturated carbocycles. The Kier molecular flexibility index (Phi) is 5.63. The second-order valence-corrected chi connectivity index (χ2v) is 8.04. The number of methoxy groups -OCH3 is 1. The molecule has 3 heteroatoms. The van der Waals surface area contributed by atoms with Gasteiger partial charge in [-0.3, -0.25) is 4.90 Å². The molecule has 2 aromatic carbocycles. The lowest BCUT2D eigenvalue weighted by Crippen LogP contribution is -2.45. The smallest absolute Gasteiger partial charge is 0.333 e.